The normalized spacial score (nSPS) is 32.0. The molecule has 1 aliphatic carbocycles. The number of rotatable bonds is 4. The van der Waals surface area contributed by atoms with Crippen LogP contribution in [0.15, 0.2) is 28.7 Å². The smallest absolute Gasteiger partial charge is 0.157 e. The van der Waals surface area contributed by atoms with Crippen LogP contribution >= 0.6 is 15.9 Å². The molecule has 24 heavy (non-hydrogen) atoms. The molecule has 2 aliphatic heterocycles. The van der Waals surface area contributed by atoms with Crippen molar-refractivity contribution in [1.29, 1.82) is 0 Å². The van der Waals surface area contributed by atoms with Crippen LogP contribution in [-0.4, -0.2) is 44.0 Å². The summed E-state index contributed by atoms with van der Waals surface area (Å²) in [5.41, 5.74) is 1.11. The second kappa shape index (κ2) is 7.58. The van der Waals surface area contributed by atoms with Crippen LogP contribution in [0, 0.1) is 29.6 Å². The zero-order valence-electron chi connectivity index (χ0n) is 13.9. The maximum absolute atomic E-state index is 5.84. The molecule has 3 fully saturated rings. The van der Waals surface area contributed by atoms with Gasteiger partial charge in [0.2, 0.25) is 0 Å². The molecule has 0 N–H and O–H groups in total. The SMILES string of the molecule is Brc1ccc(C#C[C@H]2[C@H]3CN(CCOC4CCCCO4)C[C@@H]23)cc1. The van der Waals surface area contributed by atoms with Gasteiger partial charge in [-0.05, 0) is 55.4 Å². The van der Waals surface area contributed by atoms with E-state index < -0.39 is 0 Å². The minimum atomic E-state index is 0.0420. The van der Waals surface area contributed by atoms with Gasteiger partial charge in [-0.25, -0.2) is 0 Å². The van der Waals surface area contributed by atoms with E-state index in [0.29, 0.717) is 5.92 Å². The van der Waals surface area contributed by atoms with E-state index in [2.05, 4.69) is 56.9 Å². The number of fused-ring (bicyclic) bond motifs is 1. The molecule has 1 unspecified atom stereocenters. The molecule has 3 nitrogen and oxygen atoms in total. The minimum absolute atomic E-state index is 0.0420. The third kappa shape index (κ3) is 4.03. The summed E-state index contributed by atoms with van der Waals surface area (Å²) in [6.07, 6.45) is 3.51. The van der Waals surface area contributed by atoms with E-state index in [1.54, 1.807) is 0 Å². The largest absolute Gasteiger partial charge is 0.353 e. The molecular weight excluding hydrogens is 366 g/mol. The topological polar surface area (TPSA) is 21.7 Å². The molecule has 0 aromatic heterocycles. The third-order valence-electron chi connectivity index (χ3n) is 5.35. The molecule has 4 rings (SSSR count). The van der Waals surface area contributed by atoms with Gasteiger partial charge in [-0.15, -0.1) is 0 Å². The highest BCUT2D eigenvalue weighted by molar-refractivity contribution is 9.10. The van der Waals surface area contributed by atoms with Gasteiger partial charge < -0.3 is 14.4 Å². The summed E-state index contributed by atoms with van der Waals surface area (Å²) in [6, 6.07) is 8.25. The molecule has 4 atom stereocenters. The quantitative estimate of drug-likeness (QED) is 0.735. The zero-order valence-corrected chi connectivity index (χ0v) is 15.5. The maximum Gasteiger partial charge on any atom is 0.157 e. The van der Waals surface area contributed by atoms with Crippen LogP contribution in [0.3, 0.4) is 0 Å². The first kappa shape index (κ1) is 16.6. The second-order valence-electron chi connectivity index (χ2n) is 7.06. The lowest BCUT2D eigenvalue weighted by molar-refractivity contribution is -0.164. The molecule has 0 spiro atoms. The number of hydrogen-bond acceptors (Lipinski definition) is 3. The molecule has 0 radical (unpaired) electrons. The standard InChI is InChI=1S/C20H24BrNO2/c21-16-7-4-15(5-8-16)6-9-17-18-13-22(14-19(17)18)10-12-24-20-3-1-2-11-23-20/h4-5,7-8,17-20H,1-3,10-14H2/t17-,18+,19-,20?. The van der Waals surface area contributed by atoms with E-state index in [1.165, 1.54) is 25.9 Å². The Morgan fingerprint density at radius 3 is 2.67 bits per heavy atom. The summed E-state index contributed by atoms with van der Waals surface area (Å²) in [4.78, 5) is 2.52. The molecule has 1 saturated carbocycles. The summed E-state index contributed by atoms with van der Waals surface area (Å²) in [5, 5.41) is 0. The van der Waals surface area contributed by atoms with Crippen LogP contribution < -0.4 is 0 Å². The monoisotopic (exact) mass is 389 g/mol. The Labute approximate surface area is 152 Å². The molecule has 0 amide bonds. The summed E-state index contributed by atoms with van der Waals surface area (Å²) in [6.45, 7) is 5.04. The Bertz CT molecular complexity index is 603. The van der Waals surface area contributed by atoms with Gasteiger partial charge in [0.05, 0.1) is 6.61 Å². The van der Waals surface area contributed by atoms with Gasteiger partial charge >= 0.3 is 0 Å². The first-order valence-electron chi connectivity index (χ1n) is 9.02. The number of benzene rings is 1. The van der Waals surface area contributed by atoms with Crippen LogP contribution in [0.25, 0.3) is 0 Å². The number of nitrogens with zero attached hydrogens (tertiary/aromatic N) is 1. The highest BCUT2D eigenvalue weighted by Crippen LogP contribution is 2.51. The van der Waals surface area contributed by atoms with E-state index in [9.17, 15) is 0 Å². The van der Waals surface area contributed by atoms with Crippen molar-refractivity contribution < 1.29 is 9.47 Å². The molecule has 3 aliphatic rings. The lowest BCUT2D eigenvalue weighted by Gasteiger charge is -2.24. The average Bonchev–Trinajstić information content (AvgIpc) is 3.07. The van der Waals surface area contributed by atoms with Crippen LogP contribution in [0.4, 0.5) is 0 Å². The molecule has 0 bridgehead atoms. The summed E-state index contributed by atoms with van der Waals surface area (Å²) >= 11 is 3.46. The van der Waals surface area contributed by atoms with Crippen molar-refractivity contribution in [1.82, 2.24) is 4.90 Å². The molecular formula is C20H24BrNO2. The van der Waals surface area contributed by atoms with Gasteiger partial charge in [-0.2, -0.15) is 0 Å². The lowest BCUT2D eigenvalue weighted by atomic mass is 10.2. The third-order valence-corrected chi connectivity index (χ3v) is 5.87. The fraction of sp³-hybridized carbons (Fsp3) is 0.600. The Morgan fingerprint density at radius 2 is 1.96 bits per heavy atom. The molecule has 1 aromatic rings. The van der Waals surface area contributed by atoms with Crippen LogP contribution in [0.2, 0.25) is 0 Å². The van der Waals surface area contributed by atoms with Crippen molar-refractivity contribution in [3.05, 3.63) is 34.3 Å². The van der Waals surface area contributed by atoms with Crippen LogP contribution in [-0.2, 0) is 9.47 Å². The number of halogens is 1. The number of ether oxygens (including phenoxy) is 2. The van der Waals surface area contributed by atoms with E-state index in [4.69, 9.17) is 9.47 Å². The van der Waals surface area contributed by atoms with E-state index in [0.717, 1.165) is 48.1 Å². The van der Waals surface area contributed by atoms with E-state index in [1.807, 2.05) is 0 Å². The average molecular weight is 390 g/mol. The van der Waals surface area contributed by atoms with Crippen molar-refractivity contribution in [3.8, 4) is 11.8 Å². The van der Waals surface area contributed by atoms with E-state index >= 15 is 0 Å². The lowest BCUT2D eigenvalue weighted by Crippen LogP contribution is -2.31. The van der Waals surface area contributed by atoms with Crippen molar-refractivity contribution >= 4 is 15.9 Å². The maximum atomic E-state index is 5.84. The van der Waals surface area contributed by atoms with Gasteiger partial charge in [0.1, 0.15) is 0 Å². The number of hydrogen-bond donors (Lipinski definition) is 0. The van der Waals surface area contributed by atoms with Crippen molar-refractivity contribution in [2.75, 3.05) is 32.8 Å². The molecule has 1 aromatic carbocycles. The Hall–Kier alpha value is -0.860. The summed E-state index contributed by atoms with van der Waals surface area (Å²) < 4.78 is 12.6. The zero-order chi connectivity index (χ0) is 16.4. The van der Waals surface area contributed by atoms with Crippen LogP contribution in [0.1, 0.15) is 24.8 Å². The molecule has 2 saturated heterocycles. The van der Waals surface area contributed by atoms with Crippen molar-refractivity contribution in [2.24, 2.45) is 17.8 Å². The highest BCUT2D eigenvalue weighted by atomic mass is 79.9. The summed E-state index contributed by atoms with van der Waals surface area (Å²) in [7, 11) is 0. The predicted octanol–water partition coefficient (Wildman–Crippen LogP) is 3.52. The predicted molar refractivity (Wildman–Crippen MR) is 97.5 cm³/mol. The van der Waals surface area contributed by atoms with Crippen molar-refractivity contribution in [3.63, 3.8) is 0 Å². The molecule has 4 heteroatoms. The number of likely N-dealkylation sites (tertiary alicyclic amines) is 1. The fourth-order valence-corrected chi connectivity index (χ4v) is 4.13. The first-order chi connectivity index (χ1) is 11.8. The van der Waals surface area contributed by atoms with Gasteiger partial charge in [-0.1, -0.05) is 27.8 Å². The second-order valence-corrected chi connectivity index (χ2v) is 7.97. The van der Waals surface area contributed by atoms with Gasteiger partial charge in [-0.3, -0.25) is 0 Å². The van der Waals surface area contributed by atoms with Gasteiger partial charge in [0.15, 0.2) is 6.29 Å². The molecule has 2 heterocycles. The van der Waals surface area contributed by atoms with E-state index in [-0.39, 0.29) is 6.29 Å². The Kier molecular flexibility index (Phi) is 5.24. The minimum Gasteiger partial charge on any atom is -0.353 e. The Morgan fingerprint density at radius 1 is 1.17 bits per heavy atom. The van der Waals surface area contributed by atoms with Gasteiger partial charge in [0.25, 0.3) is 0 Å². The fourth-order valence-electron chi connectivity index (χ4n) is 3.87. The van der Waals surface area contributed by atoms with Gasteiger partial charge in [0, 0.05) is 42.2 Å². The highest BCUT2D eigenvalue weighted by Gasteiger charge is 2.54. The Balaban J connectivity index is 1.17. The van der Waals surface area contributed by atoms with Crippen molar-refractivity contribution in [2.45, 2.75) is 25.6 Å². The number of piperidine rings is 1. The summed E-state index contributed by atoms with van der Waals surface area (Å²) in [5.74, 6) is 8.97. The first-order valence-corrected chi connectivity index (χ1v) is 9.81. The van der Waals surface area contributed by atoms with Crippen LogP contribution in [0.5, 0.6) is 0 Å². The molecule has 128 valence electrons.